The van der Waals surface area contributed by atoms with E-state index in [9.17, 15) is 4.79 Å². The van der Waals surface area contributed by atoms with Crippen LogP contribution < -0.4 is 0 Å². The molecule has 0 atom stereocenters. The maximum absolute atomic E-state index is 12.0. The van der Waals surface area contributed by atoms with E-state index in [2.05, 4.69) is 19.9 Å². The first-order chi connectivity index (χ1) is 10.3. The number of benzene rings is 1. The molecule has 2 nitrogen and oxygen atoms in total. The fourth-order valence-electron chi connectivity index (χ4n) is 2.31. The lowest BCUT2D eigenvalue weighted by atomic mass is 10.0. The molecule has 0 aliphatic heterocycles. The van der Waals surface area contributed by atoms with Crippen molar-refractivity contribution in [2.75, 3.05) is 6.61 Å². The van der Waals surface area contributed by atoms with Gasteiger partial charge in [-0.25, -0.2) is 4.79 Å². The van der Waals surface area contributed by atoms with Crippen LogP contribution in [0.1, 0.15) is 74.2 Å². The Labute approximate surface area is 129 Å². The van der Waals surface area contributed by atoms with Crippen molar-refractivity contribution in [1.82, 2.24) is 0 Å². The van der Waals surface area contributed by atoms with Crippen molar-refractivity contribution in [1.29, 1.82) is 0 Å². The molecule has 0 aliphatic rings. The first-order valence-electron chi connectivity index (χ1n) is 8.33. The number of carbonyl (C=O) groups is 1. The van der Waals surface area contributed by atoms with Gasteiger partial charge in [-0.3, -0.25) is 0 Å². The third-order valence-corrected chi connectivity index (χ3v) is 3.61. The monoisotopic (exact) mass is 289 g/mol. The molecule has 1 rings (SSSR count). The summed E-state index contributed by atoms with van der Waals surface area (Å²) >= 11 is 0. The molecule has 21 heavy (non-hydrogen) atoms. The Morgan fingerprint density at radius 3 is 2.67 bits per heavy atom. The molecule has 117 valence electrons. The van der Waals surface area contributed by atoms with E-state index in [0.29, 0.717) is 12.2 Å². The lowest BCUT2D eigenvalue weighted by Gasteiger charge is -2.07. The quantitative estimate of drug-likeness (QED) is 0.405. The zero-order valence-electron chi connectivity index (χ0n) is 13.4. The molecule has 1 aromatic rings. The van der Waals surface area contributed by atoms with Gasteiger partial charge in [0.1, 0.15) is 0 Å². The topological polar surface area (TPSA) is 26.3 Å². The van der Waals surface area contributed by atoms with Crippen molar-refractivity contribution in [3.63, 3.8) is 0 Å². The molecule has 1 aromatic carbocycles. The van der Waals surface area contributed by atoms with Gasteiger partial charge in [0.05, 0.1) is 12.2 Å². The fraction of sp³-hybridized carbons (Fsp3) is 0.579. The van der Waals surface area contributed by atoms with Gasteiger partial charge in [0.2, 0.25) is 0 Å². The molecule has 2 heteroatoms. The van der Waals surface area contributed by atoms with E-state index in [-0.39, 0.29) is 5.97 Å². The van der Waals surface area contributed by atoms with Gasteiger partial charge < -0.3 is 4.74 Å². The molecule has 0 unspecified atom stereocenters. The highest BCUT2D eigenvalue weighted by Crippen LogP contribution is 2.12. The van der Waals surface area contributed by atoms with E-state index >= 15 is 0 Å². The van der Waals surface area contributed by atoms with Crippen LogP contribution in [0, 0.1) is 6.92 Å². The minimum absolute atomic E-state index is 0.189. The Bertz CT molecular complexity index is 398. The summed E-state index contributed by atoms with van der Waals surface area (Å²) in [6, 6.07) is 7.85. The summed E-state index contributed by atoms with van der Waals surface area (Å²) in [5.74, 6) is -0.189. The summed E-state index contributed by atoms with van der Waals surface area (Å²) in [5.41, 5.74) is 1.90. The van der Waals surface area contributed by atoms with Crippen LogP contribution in [-0.4, -0.2) is 12.6 Å². The standard InChI is InChI=1S/C19H29O2/c1-3-5-7-9-12-17-13-11-14-18(16-17)19(20)21-15-10-8-6-4-2/h11,13-14,16H,1,3-10,12,15H2,2H3. The van der Waals surface area contributed by atoms with Crippen LogP contribution in [0.15, 0.2) is 24.3 Å². The molecule has 0 aliphatic carbocycles. The molecule has 0 N–H and O–H groups in total. The molecule has 0 bridgehead atoms. The SMILES string of the molecule is [CH2]CCCCCc1cccc(C(=O)OCCCCCC)c1. The molecule has 0 heterocycles. The molecule has 0 saturated heterocycles. The van der Waals surface area contributed by atoms with Crippen molar-refractivity contribution >= 4 is 5.97 Å². The average Bonchev–Trinajstić information content (AvgIpc) is 2.51. The van der Waals surface area contributed by atoms with Crippen LogP contribution >= 0.6 is 0 Å². The molecular formula is C19H29O2. The maximum Gasteiger partial charge on any atom is 0.338 e. The van der Waals surface area contributed by atoms with Gasteiger partial charge in [-0.15, -0.1) is 0 Å². The third-order valence-electron chi connectivity index (χ3n) is 3.61. The Balaban J connectivity index is 2.34. The minimum atomic E-state index is -0.189. The van der Waals surface area contributed by atoms with E-state index in [4.69, 9.17) is 4.74 Å². The van der Waals surface area contributed by atoms with Crippen LogP contribution in [-0.2, 0) is 11.2 Å². The lowest BCUT2D eigenvalue weighted by molar-refractivity contribution is 0.0497. The molecule has 0 fully saturated rings. The van der Waals surface area contributed by atoms with Crippen molar-refractivity contribution < 1.29 is 9.53 Å². The number of ether oxygens (including phenoxy) is 1. The van der Waals surface area contributed by atoms with E-state index in [1.807, 2.05) is 18.2 Å². The number of aryl methyl sites for hydroxylation is 1. The lowest BCUT2D eigenvalue weighted by Crippen LogP contribution is -2.07. The first kappa shape index (κ1) is 17.7. The second-order valence-corrected chi connectivity index (χ2v) is 5.56. The molecule has 1 radical (unpaired) electrons. The van der Waals surface area contributed by atoms with Crippen molar-refractivity contribution in [2.45, 2.75) is 64.7 Å². The molecule has 0 saturated carbocycles. The maximum atomic E-state index is 12.0. The highest BCUT2D eigenvalue weighted by atomic mass is 16.5. The van der Waals surface area contributed by atoms with Gasteiger partial charge in [0.25, 0.3) is 0 Å². The highest BCUT2D eigenvalue weighted by molar-refractivity contribution is 5.89. The summed E-state index contributed by atoms with van der Waals surface area (Å²) in [6.45, 7) is 6.56. The first-order valence-corrected chi connectivity index (χ1v) is 8.33. The van der Waals surface area contributed by atoms with Gasteiger partial charge >= 0.3 is 5.97 Å². The van der Waals surface area contributed by atoms with Gasteiger partial charge in [-0.05, 0) is 37.0 Å². The van der Waals surface area contributed by atoms with Gasteiger partial charge in [-0.2, -0.15) is 0 Å². The van der Waals surface area contributed by atoms with Gasteiger partial charge in [0.15, 0.2) is 0 Å². The van der Waals surface area contributed by atoms with Crippen LogP contribution in [0.2, 0.25) is 0 Å². The van der Waals surface area contributed by atoms with Crippen LogP contribution in [0.3, 0.4) is 0 Å². The normalized spacial score (nSPS) is 10.6. The van der Waals surface area contributed by atoms with E-state index < -0.39 is 0 Å². The van der Waals surface area contributed by atoms with Crippen LogP contribution in [0.5, 0.6) is 0 Å². The number of hydrogen-bond donors (Lipinski definition) is 0. The highest BCUT2D eigenvalue weighted by Gasteiger charge is 2.07. The Morgan fingerprint density at radius 2 is 1.90 bits per heavy atom. The third kappa shape index (κ3) is 7.89. The molecule has 0 amide bonds. The Morgan fingerprint density at radius 1 is 1.10 bits per heavy atom. The van der Waals surface area contributed by atoms with Gasteiger partial charge in [-0.1, -0.05) is 64.5 Å². The molecule has 0 spiro atoms. The summed E-state index contributed by atoms with van der Waals surface area (Å²) in [7, 11) is 0. The van der Waals surface area contributed by atoms with E-state index in [1.54, 1.807) is 0 Å². The van der Waals surface area contributed by atoms with Crippen molar-refractivity contribution in [3.05, 3.63) is 42.3 Å². The van der Waals surface area contributed by atoms with Crippen molar-refractivity contribution in [3.8, 4) is 0 Å². The summed E-state index contributed by atoms with van der Waals surface area (Å²) in [6.07, 6.45) is 10.1. The summed E-state index contributed by atoms with van der Waals surface area (Å²) in [4.78, 5) is 12.0. The van der Waals surface area contributed by atoms with Crippen LogP contribution in [0.25, 0.3) is 0 Å². The zero-order chi connectivity index (χ0) is 15.3. The zero-order valence-corrected chi connectivity index (χ0v) is 13.4. The average molecular weight is 289 g/mol. The summed E-state index contributed by atoms with van der Waals surface area (Å²) < 4.78 is 5.33. The number of unbranched alkanes of at least 4 members (excludes halogenated alkanes) is 6. The number of hydrogen-bond acceptors (Lipinski definition) is 2. The molecule has 0 aromatic heterocycles. The minimum Gasteiger partial charge on any atom is -0.462 e. The smallest absolute Gasteiger partial charge is 0.338 e. The second-order valence-electron chi connectivity index (χ2n) is 5.56. The fourth-order valence-corrected chi connectivity index (χ4v) is 2.31. The summed E-state index contributed by atoms with van der Waals surface area (Å²) in [5, 5.41) is 0. The second kappa shape index (κ2) is 11.4. The molecular weight excluding hydrogens is 260 g/mol. The number of rotatable bonds is 11. The number of esters is 1. The van der Waals surface area contributed by atoms with Crippen LogP contribution in [0.4, 0.5) is 0 Å². The Kier molecular flexibility index (Phi) is 9.60. The number of carbonyl (C=O) groups excluding carboxylic acids is 1. The van der Waals surface area contributed by atoms with E-state index in [0.717, 1.165) is 32.1 Å². The Hall–Kier alpha value is -1.31. The van der Waals surface area contributed by atoms with Crippen molar-refractivity contribution in [2.24, 2.45) is 0 Å². The van der Waals surface area contributed by atoms with Gasteiger partial charge in [0, 0.05) is 0 Å². The van der Waals surface area contributed by atoms with E-state index in [1.165, 1.54) is 31.2 Å². The predicted octanol–water partition coefficient (Wildman–Crippen LogP) is 5.36. The largest absolute Gasteiger partial charge is 0.462 e. The predicted molar refractivity (Wildman–Crippen MR) is 88.4 cm³/mol.